The van der Waals surface area contributed by atoms with Gasteiger partial charge in [0.25, 0.3) is 0 Å². The molecule has 0 unspecified atom stereocenters. The van der Waals surface area contributed by atoms with Crippen molar-refractivity contribution in [2.45, 2.75) is 44.1 Å². The van der Waals surface area contributed by atoms with Crippen LogP contribution in [0.1, 0.15) is 37.7 Å². The molecule has 0 radical (unpaired) electrons. The standard InChI is InChI=1S/C16H21N3O2/c17-13-16(10-5-2-6-11-16)19(21)15(20)18-12-9-14-7-3-1-4-8-14/h1,3-4,7-8,21H,2,5-6,9-12H2,(H,18,20). The molecule has 0 saturated heterocycles. The second kappa shape index (κ2) is 7.09. The summed E-state index contributed by atoms with van der Waals surface area (Å²) < 4.78 is 0. The van der Waals surface area contributed by atoms with Gasteiger partial charge in [0.15, 0.2) is 5.54 Å². The lowest BCUT2D eigenvalue weighted by molar-refractivity contribution is -0.116. The molecule has 1 aliphatic rings. The van der Waals surface area contributed by atoms with Gasteiger partial charge in [-0.05, 0) is 37.7 Å². The zero-order valence-corrected chi connectivity index (χ0v) is 12.1. The first-order valence-electron chi connectivity index (χ1n) is 7.40. The fraction of sp³-hybridized carbons (Fsp3) is 0.500. The highest BCUT2D eigenvalue weighted by molar-refractivity contribution is 5.74. The van der Waals surface area contributed by atoms with Gasteiger partial charge in [-0.3, -0.25) is 5.21 Å². The number of rotatable bonds is 4. The predicted molar refractivity (Wildman–Crippen MR) is 78.6 cm³/mol. The Morgan fingerprint density at radius 2 is 1.95 bits per heavy atom. The number of benzene rings is 1. The molecule has 0 spiro atoms. The summed E-state index contributed by atoms with van der Waals surface area (Å²) >= 11 is 0. The van der Waals surface area contributed by atoms with E-state index in [0.717, 1.165) is 24.8 Å². The minimum absolute atomic E-state index is 0.432. The second-order valence-corrected chi connectivity index (χ2v) is 5.48. The van der Waals surface area contributed by atoms with E-state index < -0.39 is 11.6 Å². The number of carbonyl (C=O) groups excluding carboxylic acids is 1. The zero-order chi connectivity index (χ0) is 15.1. The number of hydrogen-bond acceptors (Lipinski definition) is 3. The van der Waals surface area contributed by atoms with Crippen molar-refractivity contribution in [2.24, 2.45) is 0 Å². The minimum Gasteiger partial charge on any atom is -0.336 e. The molecule has 1 fully saturated rings. The number of amides is 2. The molecule has 0 atom stereocenters. The molecule has 2 N–H and O–H groups in total. The first kappa shape index (κ1) is 15.3. The molecule has 1 aromatic carbocycles. The highest BCUT2D eigenvalue weighted by Gasteiger charge is 2.40. The van der Waals surface area contributed by atoms with Crippen LogP contribution in [0, 0.1) is 11.3 Å². The van der Waals surface area contributed by atoms with Crippen molar-refractivity contribution in [1.29, 1.82) is 5.26 Å². The Balaban J connectivity index is 1.86. The van der Waals surface area contributed by atoms with Crippen LogP contribution in [-0.4, -0.2) is 28.4 Å². The van der Waals surface area contributed by atoms with Gasteiger partial charge in [-0.1, -0.05) is 36.8 Å². The highest BCUT2D eigenvalue weighted by Crippen LogP contribution is 2.32. The molecule has 0 aromatic heterocycles. The van der Waals surface area contributed by atoms with Crippen LogP contribution in [0.4, 0.5) is 4.79 Å². The molecule has 1 aliphatic carbocycles. The number of nitrogens with zero attached hydrogens (tertiary/aromatic N) is 2. The zero-order valence-electron chi connectivity index (χ0n) is 12.1. The maximum absolute atomic E-state index is 12.0. The van der Waals surface area contributed by atoms with Crippen LogP contribution >= 0.6 is 0 Å². The van der Waals surface area contributed by atoms with Gasteiger partial charge < -0.3 is 5.32 Å². The van der Waals surface area contributed by atoms with Crippen LogP contribution in [0.3, 0.4) is 0 Å². The van der Waals surface area contributed by atoms with E-state index in [2.05, 4.69) is 11.4 Å². The third kappa shape index (κ3) is 3.73. The number of carbonyl (C=O) groups is 1. The normalized spacial score (nSPS) is 16.8. The molecule has 21 heavy (non-hydrogen) atoms. The van der Waals surface area contributed by atoms with Gasteiger partial charge in [0.05, 0.1) is 6.07 Å². The van der Waals surface area contributed by atoms with E-state index in [9.17, 15) is 15.3 Å². The second-order valence-electron chi connectivity index (χ2n) is 5.48. The van der Waals surface area contributed by atoms with Gasteiger partial charge in [0, 0.05) is 6.54 Å². The van der Waals surface area contributed by atoms with Gasteiger partial charge in [-0.15, -0.1) is 0 Å². The molecule has 2 amide bonds. The summed E-state index contributed by atoms with van der Waals surface area (Å²) in [6.45, 7) is 0.432. The van der Waals surface area contributed by atoms with Gasteiger partial charge in [0.1, 0.15) is 0 Å². The molecule has 0 heterocycles. The van der Waals surface area contributed by atoms with Crippen molar-refractivity contribution in [1.82, 2.24) is 10.4 Å². The Labute approximate surface area is 125 Å². The van der Waals surface area contributed by atoms with Crippen molar-refractivity contribution in [3.63, 3.8) is 0 Å². The van der Waals surface area contributed by atoms with E-state index >= 15 is 0 Å². The summed E-state index contributed by atoms with van der Waals surface area (Å²) in [6.07, 6.45) is 4.54. The van der Waals surface area contributed by atoms with Crippen molar-refractivity contribution in [3.05, 3.63) is 35.9 Å². The summed E-state index contributed by atoms with van der Waals surface area (Å²) in [4.78, 5) is 12.0. The van der Waals surface area contributed by atoms with Gasteiger partial charge >= 0.3 is 6.03 Å². The van der Waals surface area contributed by atoms with E-state index in [1.807, 2.05) is 30.3 Å². The topological polar surface area (TPSA) is 76.4 Å². The van der Waals surface area contributed by atoms with Crippen LogP contribution in [0.25, 0.3) is 0 Å². The molecule has 5 heteroatoms. The summed E-state index contributed by atoms with van der Waals surface area (Å²) in [5.41, 5.74) is 0.0599. The molecule has 5 nitrogen and oxygen atoms in total. The highest BCUT2D eigenvalue weighted by atomic mass is 16.5. The predicted octanol–water partition coefficient (Wildman–Crippen LogP) is 2.86. The first-order valence-corrected chi connectivity index (χ1v) is 7.40. The van der Waals surface area contributed by atoms with Crippen LogP contribution in [0.5, 0.6) is 0 Å². The number of hydroxylamine groups is 2. The summed E-state index contributed by atoms with van der Waals surface area (Å²) in [5.74, 6) is 0. The lowest BCUT2D eigenvalue weighted by atomic mass is 9.82. The van der Waals surface area contributed by atoms with Crippen LogP contribution in [-0.2, 0) is 6.42 Å². The molecule has 2 rings (SSSR count). The van der Waals surface area contributed by atoms with E-state index in [1.54, 1.807) is 0 Å². The van der Waals surface area contributed by atoms with Crippen molar-refractivity contribution < 1.29 is 10.0 Å². The monoisotopic (exact) mass is 287 g/mol. The molecule has 1 aromatic rings. The Bertz CT molecular complexity index is 504. The Hall–Kier alpha value is -2.06. The summed E-state index contributed by atoms with van der Waals surface area (Å²) in [7, 11) is 0. The van der Waals surface area contributed by atoms with Gasteiger partial charge in [-0.2, -0.15) is 10.3 Å². The number of nitriles is 1. The minimum atomic E-state index is -1.06. The quantitative estimate of drug-likeness (QED) is 0.660. The van der Waals surface area contributed by atoms with E-state index in [0.29, 0.717) is 30.9 Å². The number of urea groups is 1. The van der Waals surface area contributed by atoms with Crippen molar-refractivity contribution >= 4 is 6.03 Å². The van der Waals surface area contributed by atoms with Crippen LogP contribution in [0.2, 0.25) is 0 Å². The SMILES string of the molecule is N#CC1(N(O)C(=O)NCCc2ccccc2)CCCCC1. The van der Waals surface area contributed by atoms with Crippen LogP contribution < -0.4 is 5.32 Å². The summed E-state index contributed by atoms with van der Waals surface area (Å²) in [5, 5.41) is 22.7. The molecule has 1 saturated carbocycles. The first-order chi connectivity index (χ1) is 10.2. The largest absolute Gasteiger partial charge is 0.342 e. The van der Waals surface area contributed by atoms with Crippen molar-refractivity contribution in [3.8, 4) is 6.07 Å². The molecular formula is C16H21N3O2. The lowest BCUT2D eigenvalue weighted by Gasteiger charge is -2.36. The average molecular weight is 287 g/mol. The Kier molecular flexibility index (Phi) is 5.18. The number of nitrogens with one attached hydrogen (secondary N) is 1. The van der Waals surface area contributed by atoms with E-state index in [-0.39, 0.29) is 0 Å². The van der Waals surface area contributed by atoms with Gasteiger partial charge in [-0.25, -0.2) is 4.79 Å². The fourth-order valence-electron chi connectivity index (χ4n) is 2.74. The molecule has 112 valence electrons. The third-order valence-corrected chi connectivity index (χ3v) is 4.02. The molecule has 0 bridgehead atoms. The molecular weight excluding hydrogens is 266 g/mol. The smallest absolute Gasteiger partial charge is 0.336 e. The summed E-state index contributed by atoms with van der Waals surface area (Å²) in [6, 6.07) is 11.3. The average Bonchev–Trinajstić information content (AvgIpc) is 2.55. The van der Waals surface area contributed by atoms with Gasteiger partial charge in [0.2, 0.25) is 0 Å². The van der Waals surface area contributed by atoms with E-state index in [1.165, 1.54) is 0 Å². The maximum atomic E-state index is 12.0. The number of hydrogen-bond donors (Lipinski definition) is 2. The lowest BCUT2D eigenvalue weighted by Crippen LogP contribution is -2.53. The maximum Gasteiger partial charge on any atom is 0.342 e. The van der Waals surface area contributed by atoms with Crippen molar-refractivity contribution in [2.75, 3.05) is 6.54 Å². The third-order valence-electron chi connectivity index (χ3n) is 4.02. The fourth-order valence-corrected chi connectivity index (χ4v) is 2.74. The molecule has 0 aliphatic heterocycles. The van der Waals surface area contributed by atoms with Crippen LogP contribution in [0.15, 0.2) is 30.3 Å². The Morgan fingerprint density at radius 1 is 1.29 bits per heavy atom. The van der Waals surface area contributed by atoms with E-state index in [4.69, 9.17) is 0 Å². The Morgan fingerprint density at radius 3 is 2.57 bits per heavy atom.